The van der Waals surface area contributed by atoms with Crippen molar-refractivity contribution in [1.29, 1.82) is 0 Å². The number of sulfonamides is 1. The minimum absolute atomic E-state index is 0. The molecule has 0 atom stereocenters. The zero-order chi connectivity index (χ0) is 16.8. The molecule has 1 aromatic rings. The number of hydrogen-bond acceptors (Lipinski definition) is 5. The molecule has 0 radical (unpaired) electrons. The lowest BCUT2D eigenvalue weighted by Crippen LogP contribution is -2.23. The lowest BCUT2D eigenvalue weighted by atomic mass is 10.2. The standard InChI is InChI=1S/C14H24N4O3S.ClH/c1-5-16-12-7-6-11(22(20,21)18(3)4)10-13(12)17-14(19)8-9-15-2;/h6-7,10,15-16H,5,8-9H2,1-4H3,(H,17,19);1H. The molecule has 132 valence electrons. The van der Waals surface area contributed by atoms with Gasteiger partial charge in [0.15, 0.2) is 0 Å². The van der Waals surface area contributed by atoms with Gasteiger partial charge in [-0.25, -0.2) is 12.7 Å². The first kappa shape index (κ1) is 21.6. The average Bonchev–Trinajstić information content (AvgIpc) is 2.46. The summed E-state index contributed by atoms with van der Waals surface area (Å²) in [5.74, 6) is -0.173. The van der Waals surface area contributed by atoms with E-state index < -0.39 is 10.0 Å². The Morgan fingerprint density at radius 2 is 1.87 bits per heavy atom. The molecule has 7 nitrogen and oxygen atoms in total. The maximum Gasteiger partial charge on any atom is 0.242 e. The largest absolute Gasteiger partial charge is 0.384 e. The van der Waals surface area contributed by atoms with E-state index in [-0.39, 0.29) is 23.2 Å². The lowest BCUT2D eigenvalue weighted by Gasteiger charge is -2.16. The van der Waals surface area contributed by atoms with Crippen molar-refractivity contribution in [3.05, 3.63) is 18.2 Å². The highest BCUT2D eigenvalue weighted by Gasteiger charge is 2.19. The monoisotopic (exact) mass is 364 g/mol. The van der Waals surface area contributed by atoms with Crippen molar-refractivity contribution >= 4 is 39.7 Å². The molecule has 0 spiro atoms. The highest BCUT2D eigenvalue weighted by Crippen LogP contribution is 2.26. The third-order valence-corrected chi connectivity index (χ3v) is 4.82. The molecule has 0 aliphatic rings. The molecule has 23 heavy (non-hydrogen) atoms. The van der Waals surface area contributed by atoms with E-state index in [4.69, 9.17) is 0 Å². The highest BCUT2D eigenvalue weighted by molar-refractivity contribution is 7.89. The number of anilines is 2. The van der Waals surface area contributed by atoms with Gasteiger partial charge in [-0.1, -0.05) is 0 Å². The summed E-state index contributed by atoms with van der Waals surface area (Å²) in [5, 5.41) is 8.76. The van der Waals surface area contributed by atoms with Crippen molar-refractivity contribution in [2.24, 2.45) is 0 Å². The van der Waals surface area contributed by atoms with E-state index >= 15 is 0 Å². The zero-order valence-electron chi connectivity index (χ0n) is 13.8. The summed E-state index contributed by atoms with van der Waals surface area (Å²) in [5.41, 5.74) is 1.16. The Morgan fingerprint density at radius 3 is 2.39 bits per heavy atom. The van der Waals surface area contributed by atoms with E-state index in [1.807, 2.05) is 6.92 Å². The number of hydrogen-bond donors (Lipinski definition) is 3. The van der Waals surface area contributed by atoms with Crippen LogP contribution in [0, 0.1) is 0 Å². The molecule has 0 saturated carbocycles. The van der Waals surface area contributed by atoms with Gasteiger partial charge in [-0.15, -0.1) is 12.4 Å². The number of halogens is 1. The van der Waals surface area contributed by atoms with Gasteiger partial charge in [-0.05, 0) is 32.2 Å². The van der Waals surface area contributed by atoms with Gasteiger partial charge in [-0.3, -0.25) is 4.79 Å². The van der Waals surface area contributed by atoms with Crippen molar-refractivity contribution in [2.45, 2.75) is 18.2 Å². The zero-order valence-corrected chi connectivity index (χ0v) is 15.5. The Balaban J connectivity index is 0.00000484. The fraction of sp³-hybridized carbons (Fsp3) is 0.500. The molecule has 1 amide bonds. The summed E-state index contributed by atoms with van der Waals surface area (Å²) in [6, 6.07) is 4.66. The Morgan fingerprint density at radius 1 is 1.22 bits per heavy atom. The molecule has 9 heteroatoms. The number of carbonyl (C=O) groups excluding carboxylic acids is 1. The quantitative estimate of drug-likeness (QED) is 0.647. The first-order valence-electron chi connectivity index (χ1n) is 7.07. The fourth-order valence-corrected chi connectivity index (χ4v) is 2.72. The summed E-state index contributed by atoms with van der Waals surface area (Å²) in [6.07, 6.45) is 0.312. The topological polar surface area (TPSA) is 90.5 Å². The number of carbonyl (C=O) groups is 1. The summed E-state index contributed by atoms with van der Waals surface area (Å²) >= 11 is 0. The maximum atomic E-state index is 12.2. The molecular formula is C14H25ClN4O3S. The first-order valence-corrected chi connectivity index (χ1v) is 8.51. The molecule has 0 aromatic heterocycles. The Kier molecular flexibility index (Phi) is 9.14. The molecule has 3 N–H and O–H groups in total. The van der Waals surface area contributed by atoms with Gasteiger partial charge in [0.2, 0.25) is 15.9 Å². The minimum atomic E-state index is -3.54. The third-order valence-electron chi connectivity index (χ3n) is 3.01. The van der Waals surface area contributed by atoms with E-state index in [0.717, 1.165) is 4.31 Å². The van der Waals surface area contributed by atoms with E-state index in [9.17, 15) is 13.2 Å². The summed E-state index contributed by atoms with van der Waals surface area (Å²) in [6.45, 7) is 3.15. The van der Waals surface area contributed by atoms with Crippen molar-refractivity contribution in [2.75, 3.05) is 44.9 Å². The summed E-state index contributed by atoms with van der Waals surface area (Å²) < 4.78 is 25.5. The van der Waals surface area contributed by atoms with E-state index in [1.165, 1.54) is 26.2 Å². The predicted molar refractivity (Wildman–Crippen MR) is 95.9 cm³/mol. The Hall–Kier alpha value is -1.35. The third kappa shape index (κ3) is 5.98. The van der Waals surface area contributed by atoms with Crippen LogP contribution in [0.4, 0.5) is 11.4 Å². The highest BCUT2D eigenvalue weighted by atomic mass is 35.5. The second-order valence-corrected chi connectivity index (χ2v) is 7.08. The second-order valence-electron chi connectivity index (χ2n) is 4.93. The molecule has 0 aliphatic heterocycles. The van der Waals surface area contributed by atoms with Gasteiger partial charge in [0, 0.05) is 33.6 Å². The van der Waals surface area contributed by atoms with Crippen molar-refractivity contribution < 1.29 is 13.2 Å². The van der Waals surface area contributed by atoms with Gasteiger partial charge >= 0.3 is 0 Å². The van der Waals surface area contributed by atoms with Gasteiger partial charge in [0.25, 0.3) is 0 Å². The molecule has 0 saturated heterocycles. The van der Waals surface area contributed by atoms with Crippen LogP contribution in [0.5, 0.6) is 0 Å². The van der Waals surface area contributed by atoms with E-state index in [1.54, 1.807) is 13.1 Å². The molecule has 0 bridgehead atoms. The Bertz CT molecular complexity index is 620. The number of amides is 1. The van der Waals surface area contributed by atoms with Crippen LogP contribution < -0.4 is 16.0 Å². The van der Waals surface area contributed by atoms with Crippen molar-refractivity contribution in [3.8, 4) is 0 Å². The van der Waals surface area contributed by atoms with Crippen LogP contribution in [0.15, 0.2) is 23.1 Å². The smallest absolute Gasteiger partial charge is 0.242 e. The SMILES string of the molecule is CCNc1ccc(S(=O)(=O)N(C)C)cc1NC(=O)CCNC.Cl. The molecule has 1 rings (SSSR count). The molecule has 0 heterocycles. The molecular weight excluding hydrogens is 340 g/mol. The van der Waals surface area contributed by atoms with Crippen LogP contribution in [-0.4, -0.2) is 52.9 Å². The van der Waals surface area contributed by atoms with Gasteiger partial charge < -0.3 is 16.0 Å². The van der Waals surface area contributed by atoms with Crippen LogP contribution >= 0.6 is 12.4 Å². The van der Waals surface area contributed by atoms with Gasteiger partial charge in [0.1, 0.15) is 0 Å². The van der Waals surface area contributed by atoms with Gasteiger partial charge in [-0.2, -0.15) is 0 Å². The molecule has 0 unspecified atom stereocenters. The molecule has 1 aromatic carbocycles. The van der Waals surface area contributed by atoms with Crippen LogP contribution in [0.1, 0.15) is 13.3 Å². The van der Waals surface area contributed by atoms with Crippen LogP contribution in [0.3, 0.4) is 0 Å². The fourth-order valence-electron chi connectivity index (χ4n) is 1.79. The Labute approximate surface area is 144 Å². The number of rotatable bonds is 8. The van der Waals surface area contributed by atoms with Crippen LogP contribution in [-0.2, 0) is 14.8 Å². The summed E-state index contributed by atoms with van der Waals surface area (Å²) in [4.78, 5) is 12.0. The number of nitrogens with one attached hydrogen (secondary N) is 3. The van der Waals surface area contributed by atoms with Crippen LogP contribution in [0.2, 0.25) is 0 Å². The predicted octanol–water partition coefficient (Wildman–Crippen LogP) is 1.34. The van der Waals surface area contributed by atoms with Crippen molar-refractivity contribution in [1.82, 2.24) is 9.62 Å². The van der Waals surface area contributed by atoms with E-state index in [0.29, 0.717) is 30.9 Å². The second kappa shape index (κ2) is 9.71. The average molecular weight is 365 g/mol. The first-order chi connectivity index (χ1) is 10.3. The number of benzene rings is 1. The van der Waals surface area contributed by atoms with E-state index in [2.05, 4.69) is 16.0 Å². The minimum Gasteiger partial charge on any atom is -0.384 e. The van der Waals surface area contributed by atoms with Crippen LogP contribution in [0.25, 0.3) is 0 Å². The normalized spacial score (nSPS) is 11.0. The van der Waals surface area contributed by atoms with Gasteiger partial charge in [0.05, 0.1) is 16.3 Å². The molecule has 0 fully saturated rings. The number of nitrogens with zero attached hydrogens (tertiary/aromatic N) is 1. The maximum absolute atomic E-state index is 12.2. The van der Waals surface area contributed by atoms with Crippen molar-refractivity contribution in [3.63, 3.8) is 0 Å². The lowest BCUT2D eigenvalue weighted by molar-refractivity contribution is -0.116. The summed E-state index contributed by atoms with van der Waals surface area (Å²) in [7, 11) is 1.17. The molecule has 0 aliphatic carbocycles.